The lowest BCUT2D eigenvalue weighted by molar-refractivity contribution is -0.379. The fourth-order valence-corrected chi connectivity index (χ4v) is 11.6. The summed E-state index contributed by atoms with van der Waals surface area (Å²) in [6, 6.07) is -0.972. The summed E-state index contributed by atoms with van der Waals surface area (Å²) < 4.78 is 34.3. The Hall–Kier alpha value is -2.77. The molecule has 0 saturated carbocycles. The highest BCUT2D eigenvalue weighted by Crippen LogP contribution is 2.33. The molecule has 0 bridgehead atoms. The van der Waals surface area contributed by atoms with Gasteiger partial charge in [0.05, 0.1) is 38.6 Å². The molecule has 0 aromatic carbocycles. The van der Waals surface area contributed by atoms with Crippen LogP contribution in [-0.4, -0.2) is 193 Å². The second-order valence-corrected chi connectivity index (χ2v) is 25.0. The van der Waals surface area contributed by atoms with E-state index in [1.165, 1.54) is 135 Å². The standard InChI is InChI=1S/C71H125NO18/c1-3-5-7-9-11-13-15-16-17-18-19-20-21-22-23-24-25-26-27-28-29-30-31-32-33-34-35-36-37-38-39-41-43-45-47-49-59(77)72-54(55(76)48-46-44-42-40-14-12-10-8-6-4-2)53-85-69-65(83)62(80)67(57(51-74)87-69)90-71-66(84)63(81)68(58(52-75)88-71)89-70-64(82)61(79)60(78)56(50-73)86-70/h5,7,11,13,16-17,19-20,22-23,46,48,54-58,60-71,73-76,78-84H,3-4,6,8-10,12,14-15,18,21,24-45,47,49-53H2,1-2H3,(H,72,77)/b7-5-,13-11-,17-16-,20-19-,23-22-,48-46+. The van der Waals surface area contributed by atoms with Crippen molar-refractivity contribution in [2.24, 2.45) is 0 Å². The van der Waals surface area contributed by atoms with E-state index in [2.05, 4.69) is 79.9 Å². The van der Waals surface area contributed by atoms with E-state index in [9.17, 15) is 61.0 Å². The summed E-state index contributed by atoms with van der Waals surface area (Å²) >= 11 is 0. The molecule has 3 saturated heterocycles. The first-order valence-corrected chi connectivity index (χ1v) is 35.2. The van der Waals surface area contributed by atoms with Crippen molar-refractivity contribution >= 4 is 5.91 Å². The fraction of sp³-hybridized carbons (Fsp3) is 0.817. The number of allylic oxidation sites excluding steroid dienone is 11. The van der Waals surface area contributed by atoms with Gasteiger partial charge in [0.1, 0.15) is 73.2 Å². The highest BCUT2D eigenvalue weighted by molar-refractivity contribution is 5.76. The van der Waals surface area contributed by atoms with Gasteiger partial charge in [-0.05, 0) is 64.2 Å². The third-order valence-corrected chi connectivity index (χ3v) is 17.3. The normalized spacial score (nSPS) is 28.5. The molecule has 3 rings (SSSR count). The van der Waals surface area contributed by atoms with Gasteiger partial charge in [-0.25, -0.2) is 0 Å². The van der Waals surface area contributed by atoms with E-state index < -0.39 is 124 Å². The molecule has 17 unspecified atom stereocenters. The average molecular weight is 1280 g/mol. The third-order valence-electron chi connectivity index (χ3n) is 17.3. The highest BCUT2D eigenvalue weighted by atomic mass is 16.8. The van der Waals surface area contributed by atoms with Crippen molar-refractivity contribution in [1.82, 2.24) is 5.32 Å². The van der Waals surface area contributed by atoms with E-state index in [0.717, 1.165) is 77.0 Å². The van der Waals surface area contributed by atoms with Crippen LogP contribution < -0.4 is 5.32 Å². The van der Waals surface area contributed by atoms with Crippen LogP contribution in [0.2, 0.25) is 0 Å². The molecule has 3 fully saturated rings. The second kappa shape index (κ2) is 52.5. The Kier molecular flexibility index (Phi) is 47.5. The number of carbonyl (C=O) groups excluding carboxylic acids is 1. The number of aliphatic hydroxyl groups excluding tert-OH is 11. The van der Waals surface area contributed by atoms with Crippen LogP contribution >= 0.6 is 0 Å². The Morgan fingerprint density at radius 3 is 1.20 bits per heavy atom. The number of unbranched alkanes of at least 4 members (excludes halogenated alkanes) is 27. The lowest BCUT2D eigenvalue weighted by Gasteiger charge is -2.48. The molecule has 3 aliphatic rings. The molecule has 90 heavy (non-hydrogen) atoms. The average Bonchev–Trinajstić information content (AvgIpc) is 1.08. The maximum Gasteiger partial charge on any atom is 0.220 e. The van der Waals surface area contributed by atoms with Gasteiger partial charge < -0.3 is 89.9 Å². The second-order valence-electron chi connectivity index (χ2n) is 25.0. The number of rotatable bonds is 53. The first-order chi connectivity index (χ1) is 43.8. The molecule has 0 aliphatic carbocycles. The van der Waals surface area contributed by atoms with E-state index >= 15 is 0 Å². The zero-order valence-electron chi connectivity index (χ0n) is 55.1. The number of amides is 1. The predicted octanol–water partition coefficient (Wildman–Crippen LogP) is 9.33. The van der Waals surface area contributed by atoms with Crippen LogP contribution in [0, 0.1) is 0 Å². The lowest BCUT2D eigenvalue weighted by atomic mass is 9.96. The molecule has 3 heterocycles. The summed E-state index contributed by atoms with van der Waals surface area (Å²) in [5, 5.41) is 120. The lowest BCUT2D eigenvalue weighted by Crippen LogP contribution is -2.66. The van der Waals surface area contributed by atoms with E-state index in [-0.39, 0.29) is 18.9 Å². The fourth-order valence-electron chi connectivity index (χ4n) is 11.6. The molecule has 19 heteroatoms. The van der Waals surface area contributed by atoms with E-state index in [4.69, 9.17) is 28.4 Å². The minimum Gasteiger partial charge on any atom is -0.394 e. The van der Waals surface area contributed by atoms with Crippen molar-refractivity contribution in [3.8, 4) is 0 Å². The minimum absolute atomic E-state index is 0.243. The Morgan fingerprint density at radius 1 is 0.411 bits per heavy atom. The highest BCUT2D eigenvalue weighted by Gasteiger charge is 2.53. The van der Waals surface area contributed by atoms with E-state index in [0.29, 0.717) is 6.42 Å². The topological polar surface area (TPSA) is 307 Å². The maximum absolute atomic E-state index is 13.4. The Balaban J connectivity index is 1.31. The zero-order valence-corrected chi connectivity index (χ0v) is 55.1. The summed E-state index contributed by atoms with van der Waals surface area (Å²) in [7, 11) is 0. The van der Waals surface area contributed by atoms with Gasteiger partial charge in [0.2, 0.25) is 5.91 Å². The van der Waals surface area contributed by atoms with Crippen molar-refractivity contribution < 1.29 is 89.4 Å². The molecule has 12 N–H and O–H groups in total. The van der Waals surface area contributed by atoms with Crippen LogP contribution in [0.3, 0.4) is 0 Å². The van der Waals surface area contributed by atoms with Crippen LogP contribution in [0.15, 0.2) is 72.9 Å². The first-order valence-electron chi connectivity index (χ1n) is 35.2. The molecular formula is C71H125NO18. The van der Waals surface area contributed by atoms with Crippen molar-refractivity contribution in [2.45, 2.75) is 343 Å². The van der Waals surface area contributed by atoms with Crippen molar-refractivity contribution in [2.75, 3.05) is 26.4 Å². The van der Waals surface area contributed by atoms with Crippen LogP contribution in [0.1, 0.15) is 239 Å². The number of ether oxygens (including phenoxy) is 6. The first kappa shape index (κ1) is 81.5. The molecule has 17 atom stereocenters. The quantitative estimate of drug-likeness (QED) is 0.0199. The smallest absolute Gasteiger partial charge is 0.220 e. The third kappa shape index (κ3) is 34.1. The number of hydrogen-bond donors (Lipinski definition) is 12. The monoisotopic (exact) mass is 1280 g/mol. The molecule has 3 aliphatic heterocycles. The molecule has 0 aromatic rings. The maximum atomic E-state index is 13.4. The Morgan fingerprint density at radius 2 is 0.767 bits per heavy atom. The largest absolute Gasteiger partial charge is 0.394 e. The van der Waals surface area contributed by atoms with Gasteiger partial charge >= 0.3 is 0 Å². The molecule has 0 aromatic heterocycles. The van der Waals surface area contributed by atoms with Gasteiger partial charge in [-0.15, -0.1) is 0 Å². The summed E-state index contributed by atoms with van der Waals surface area (Å²) in [6.07, 6.45) is 39.2. The van der Waals surface area contributed by atoms with Gasteiger partial charge in [-0.2, -0.15) is 0 Å². The van der Waals surface area contributed by atoms with Crippen LogP contribution in [0.25, 0.3) is 0 Å². The van der Waals surface area contributed by atoms with Gasteiger partial charge in [-0.1, -0.05) is 241 Å². The Bertz CT molecular complexity index is 1920. The van der Waals surface area contributed by atoms with E-state index in [1.807, 2.05) is 6.08 Å². The summed E-state index contributed by atoms with van der Waals surface area (Å²) in [4.78, 5) is 13.4. The van der Waals surface area contributed by atoms with Crippen LogP contribution in [-0.2, 0) is 33.2 Å². The summed E-state index contributed by atoms with van der Waals surface area (Å²) in [5.74, 6) is -0.277. The van der Waals surface area contributed by atoms with Crippen molar-refractivity contribution in [1.29, 1.82) is 0 Å². The van der Waals surface area contributed by atoms with Crippen molar-refractivity contribution in [3.05, 3.63) is 72.9 Å². The number of hydrogen-bond acceptors (Lipinski definition) is 18. The predicted molar refractivity (Wildman–Crippen MR) is 351 cm³/mol. The SMILES string of the molecule is CC/C=C\C/C=C\C/C=C\C/C=C\C/C=C\CCCCCCCCCCCCCCCCCCCCCC(=O)NC(COC1OC(CO)C(OC2OC(CO)C(OC3OC(CO)C(O)C(O)C3O)C(O)C2O)C(O)C1O)C(O)/C=C/CCCCCCCCCC. The number of nitrogens with one attached hydrogen (secondary N) is 1. The van der Waals surface area contributed by atoms with Crippen molar-refractivity contribution in [3.63, 3.8) is 0 Å². The minimum atomic E-state index is -1.98. The number of aliphatic hydroxyl groups is 11. The van der Waals surface area contributed by atoms with Gasteiger partial charge in [0, 0.05) is 6.42 Å². The molecular weight excluding hydrogens is 1150 g/mol. The van der Waals surface area contributed by atoms with E-state index in [1.54, 1.807) is 6.08 Å². The summed E-state index contributed by atoms with van der Waals surface area (Å²) in [6.45, 7) is 1.58. The van der Waals surface area contributed by atoms with Crippen LogP contribution in [0.5, 0.6) is 0 Å². The zero-order chi connectivity index (χ0) is 65.4. The summed E-state index contributed by atoms with van der Waals surface area (Å²) in [5.41, 5.74) is 0. The molecule has 1 amide bonds. The Labute approximate surface area is 540 Å². The molecule has 522 valence electrons. The van der Waals surface area contributed by atoms with Gasteiger partial charge in [-0.3, -0.25) is 4.79 Å². The number of carbonyl (C=O) groups is 1. The van der Waals surface area contributed by atoms with Gasteiger partial charge in [0.15, 0.2) is 18.9 Å². The van der Waals surface area contributed by atoms with Gasteiger partial charge in [0.25, 0.3) is 0 Å². The molecule has 0 radical (unpaired) electrons. The van der Waals surface area contributed by atoms with Crippen LogP contribution in [0.4, 0.5) is 0 Å². The molecule has 0 spiro atoms. The molecule has 19 nitrogen and oxygen atoms in total.